The second-order valence-electron chi connectivity index (χ2n) is 7.82. The van der Waals surface area contributed by atoms with Gasteiger partial charge in [-0.15, -0.1) is 0 Å². The van der Waals surface area contributed by atoms with Crippen molar-refractivity contribution in [2.24, 2.45) is 0 Å². The zero-order chi connectivity index (χ0) is 23.4. The fourth-order valence-corrected chi connectivity index (χ4v) is 3.18. The minimum Gasteiger partial charge on any atom is -0.477 e. The maximum atomic E-state index is 13.2. The lowest BCUT2D eigenvalue weighted by Gasteiger charge is -2.21. The van der Waals surface area contributed by atoms with E-state index in [1.54, 1.807) is 19.1 Å². The summed E-state index contributed by atoms with van der Waals surface area (Å²) in [5.74, 6) is -0.623. The first-order valence-electron chi connectivity index (χ1n) is 11.3. The fourth-order valence-electron chi connectivity index (χ4n) is 3.18. The molecule has 0 aliphatic heterocycles. The summed E-state index contributed by atoms with van der Waals surface area (Å²) in [4.78, 5) is 15.9. The van der Waals surface area contributed by atoms with E-state index in [2.05, 4.69) is 11.9 Å². The molecule has 176 valence electrons. The van der Waals surface area contributed by atoms with Gasteiger partial charge < -0.3 is 9.47 Å². The maximum absolute atomic E-state index is 13.2. The van der Waals surface area contributed by atoms with Crippen LogP contribution in [-0.4, -0.2) is 29.8 Å². The van der Waals surface area contributed by atoms with Crippen molar-refractivity contribution in [3.05, 3.63) is 48.2 Å². The van der Waals surface area contributed by atoms with Gasteiger partial charge in [0.2, 0.25) is 6.10 Å². The molecule has 32 heavy (non-hydrogen) atoms. The van der Waals surface area contributed by atoms with Gasteiger partial charge in [-0.2, -0.15) is 13.2 Å². The molecule has 0 fully saturated rings. The summed E-state index contributed by atoms with van der Waals surface area (Å²) in [6.45, 7) is 3.07. The van der Waals surface area contributed by atoms with Gasteiger partial charge in [0, 0.05) is 18.2 Å². The molecule has 2 aromatic rings. The number of carbonyl (C=O) groups excluding carboxylic acids is 1. The number of unbranched alkanes of at least 4 members (excludes halogenated alkanes) is 4. The molecule has 0 aliphatic rings. The van der Waals surface area contributed by atoms with Crippen molar-refractivity contribution in [1.29, 1.82) is 0 Å². The Labute approximate surface area is 188 Å². The number of pyridine rings is 1. The summed E-state index contributed by atoms with van der Waals surface area (Å²) in [5.41, 5.74) is 2.70. The van der Waals surface area contributed by atoms with Gasteiger partial charge in [0.05, 0.1) is 5.69 Å². The number of benzene rings is 1. The van der Waals surface area contributed by atoms with Crippen LogP contribution in [0.4, 0.5) is 13.2 Å². The van der Waals surface area contributed by atoms with Crippen molar-refractivity contribution in [3.8, 4) is 17.0 Å². The molecule has 0 aliphatic carbocycles. The lowest BCUT2D eigenvalue weighted by atomic mass is 10.1. The highest BCUT2D eigenvalue weighted by molar-refractivity contribution is 5.69. The predicted molar refractivity (Wildman–Crippen MR) is 118 cm³/mol. The third-order valence-corrected chi connectivity index (χ3v) is 5.04. The Kier molecular flexibility index (Phi) is 10.5. The van der Waals surface area contributed by atoms with Crippen molar-refractivity contribution < 1.29 is 27.4 Å². The number of carbonyl (C=O) groups is 1. The number of hydrogen-bond acceptors (Lipinski definition) is 4. The lowest BCUT2D eigenvalue weighted by Crippen LogP contribution is -2.39. The van der Waals surface area contributed by atoms with Crippen LogP contribution in [0.5, 0.6) is 5.75 Å². The average Bonchev–Trinajstić information content (AvgIpc) is 2.77. The summed E-state index contributed by atoms with van der Waals surface area (Å²) in [6.07, 6.45) is 2.66. The van der Waals surface area contributed by atoms with E-state index >= 15 is 0 Å². The van der Waals surface area contributed by atoms with Gasteiger partial charge in [-0.3, -0.25) is 9.78 Å². The smallest absolute Gasteiger partial charge is 0.428 e. The van der Waals surface area contributed by atoms with Gasteiger partial charge in [0.1, 0.15) is 12.4 Å². The summed E-state index contributed by atoms with van der Waals surface area (Å²) >= 11 is 0. The van der Waals surface area contributed by atoms with Crippen molar-refractivity contribution in [3.63, 3.8) is 0 Å². The minimum atomic E-state index is -4.65. The van der Waals surface area contributed by atoms with E-state index in [9.17, 15) is 18.0 Å². The Morgan fingerprint density at radius 1 is 0.969 bits per heavy atom. The van der Waals surface area contributed by atoms with Gasteiger partial charge in [-0.05, 0) is 55.2 Å². The van der Waals surface area contributed by atoms with Gasteiger partial charge in [-0.1, -0.05) is 45.6 Å². The molecule has 2 rings (SSSR count). The molecule has 0 saturated heterocycles. The SMILES string of the molecule is CCCCCCCc1ccc(-c2ccc(OC(COC(=O)CCC)C(F)(F)F)cc2)nc1. The van der Waals surface area contributed by atoms with Crippen LogP contribution in [0.15, 0.2) is 42.6 Å². The van der Waals surface area contributed by atoms with Crippen molar-refractivity contribution >= 4 is 5.97 Å². The second-order valence-corrected chi connectivity index (χ2v) is 7.82. The number of halogens is 3. The Balaban J connectivity index is 1.94. The Morgan fingerprint density at radius 2 is 1.69 bits per heavy atom. The van der Waals surface area contributed by atoms with Crippen LogP contribution >= 0.6 is 0 Å². The van der Waals surface area contributed by atoms with Gasteiger partial charge in [0.25, 0.3) is 0 Å². The predicted octanol–water partition coefficient (Wildman–Crippen LogP) is 6.91. The highest BCUT2D eigenvalue weighted by Gasteiger charge is 2.42. The Hall–Kier alpha value is -2.57. The highest BCUT2D eigenvalue weighted by Crippen LogP contribution is 2.27. The normalized spacial score (nSPS) is 12.4. The zero-order valence-electron chi connectivity index (χ0n) is 18.8. The molecular formula is C25H32F3NO3. The first-order valence-corrected chi connectivity index (χ1v) is 11.3. The van der Waals surface area contributed by atoms with Crippen LogP contribution < -0.4 is 4.74 Å². The molecule has 1 heterocycles. The number of ether oxygens (including phenoxy) is 2. The van der Waals surface area contributed by atoms with Gasteiger partial charge >= 0.3 is 12.1 Å². The highest BCUT2D eigenvalue weighted by atomic mass is 19.4. The molecule has 0 saturated carbocycles. The molecule has 0 amide bonds. The van der Waals surface area contributed by atoms with E-state index in [4.69, 9.17) is 9.47 Å². The van der Waals surface area contributed by atoms with E-state index in [1.807, 2.05) is 18.3 Å². The molecule has 4 nitrogen and oxygen atoms in total. The molecule has 1 aromatic heterocycles. The van der Waals surface area contributed by atoms with Gasteiger partial charge in [-0.25, -0.2) is 0 Å². The molecule has 0 N–H and O–H groups in total. The standard InChI is InChI=1S/C25H32F3NO3/c1-3-5-6-7-8-10-19-11-16-22(29-17-19)20-12-14-21(15-13-20)32-23(25(26,27)28)18-31-24(30)9-4-2/h11-17,23H,3-10,18H2,1-2H3. The summed E-state index contributed by atoms with van der Waals surface area (Å²) in [6, 6.07) is 10.2. The van der Waals surface area contributed by atoms with Crippen LogP contribution in [0.2, 0.25) is 0 Å². The summed E-state index contributed by atoms with van der Waals surface area (Å²) in [7, 11) is 0. The maximum Gasteiger partial charge on any atom is 0.428 e. The molecule has 1 atom stereocenters. The van der Waals surface area contributed by atoms with E-state index in [0.717, 1.165) is 24.1 Å². The molecule has 0 bridgehead atoms. The van der Waals surface area contributed by atoms with E-state index in [1.165, 1.54) is 43.4 Å². The largest absolute Gasteiger partial charge is 0.477 e. The van der Waals surface area contributed by atoms with Crippen molar-refractivity contribution in [2.75, 3.05) is 6.61 Å². The number of hydrogen-bond donors (Lipinski definition) is 0. The van der Waals surface area contributed by atoms with E-state index < -0.39 is 24.9 Å². The first kappa shape index (κ1) is 25.7. The number of alkyl halides is 3. The minimum absolute atomic E-state index is 0.0475. The van der Waals surface area contributed by atoms with Crippen LogP contribution in [0, 0.1) is 0 Å². The number of nitrogens with zero attached hydrogens (tertiary/aromatic N) is 1. The van der Waals surface area contributed by atoms with Gasteiger partial charge in [0.15, 0.2) is 0 Å². The van der Waals surface area contributed by atoms with Crippen LogP contribution in [0.3, 0.4) is 0 Å². The number of esters is 1. The van der Waals surface area contributed by atoms with Crippen molar-refractivity contribution in [1.82, 2.24) is 4.98 Å². The zero-order valence-corrected chi connectivity index (χ0v) is 18.8. The fraction of sp³-hybridized carbons (Fsp3) is 0.520. The Morgan fingerprint density at radius 3 is 2.28 bits per heavy atom. The van der Waals surface area contributed by atoms with E-state index in [0.29, 0.717) is 6.42 Å². The van der Waals surface area contributed by atoms with E-state index in [-0.39, 0.29) is 12.2 Å². The van der Waals surface area contributed by atoms with Crippen LogP contribution in [-0.2, 0) is 16.0 Å². The molecule has 0 spiro atoms. The van der Waals surface area contributed by atoms with Crippen LogP contribution in [0.1, 0.15) is 64.4 Å². The average molecular weight is 452 g/mol. The Bertz CT molecular complexity index is 805. The summed E-state index contributed by atoms with van der Waals surface area (Å²) in [5, 5.41) is 0. The number of aryl methyl sites for hydroxylation is 1. The lowest BCUT2D eigenvalue weighted by molar-refractivity contribution is -0.209. The number of aromatic nitrogens is 1. The summed E-state index contributed by atoms with van der Waals surface area (Å²) < 4.78 is 49.5. The number of rotatable bonds is 13. The monoisotopic (exact) mass is 451 g/mol. The topological polar surface area (TPSA) is 48.4 Å². The third kappa shape index (κ3) is 8.89. The molecular weight excluding hydrogens is 419 g/mol. The first-order chi connectivity index (χ1) is 15.3. The molecule has 7 heteroatoms. The quantitative estimate of drug-likeness (QED) is 0.245. The van der Waals surface area contributed by atoms with Crippen molar-refractivity contribution in [2.45, 2.75) is 77.5 Å². The van der Waals surface area contributed by atoms with Crippen LogP contribution in [0.25, 0.3) is 11.3 Å². The molecule has 1 aromatic carbocycles. The molecule has 1 unspecified atom stereocenters. The molecule has 0 radical (unpaired) electrons. The second kappa shape index (κ2) is 13.1. The third-order valence-electron chi connectivity index (χ3n) is 5.04.